The molecule has 66 valence electrons. The SMILES string of the molecule is CS(=O)(=O)OC[C@H](N)C(N)=O. The van der Waals surface area contributed by atoms with E-state index in [9.17, 15) is 13.2 Å². The van der Waals surface area contributed by atoms with Gasteiger partial charge >= 0.3 is 0 Å². The fourth-order valence-corrected chi connectivity index (χ4v) is 0.673. The Morgan fingerprint density at radius 3 is 2.36 bits per heavy atom. The van der Waals surface area contributed by atoms with E-state index in [1.54, 1.807) is 0 Å². The Labute approximate surface area is 64.6 Å². The summed E-state index contributed by atoms with van der Waals surface area (Å²) in [6.07, 6.45) is 0.862. The second kappa shape index (κ2) is 3.65. The Morgan fingerprint density at radius 1 is 1.64 bits per heavy atom. The van der Waals surface area contributed by atoms with Gasteiger partial charge in [-0.2, -0.15) is 8.42 Å². The van der Waals surface area contributed by atoms with E-state index in [0.717, 1.165) is 6.26 Å². The highest BCUT2D eigenvalue weighted by atomic mass is 32.2. The zero-order valence-corrected chi connectivity index (χ0v) is 6.80. The van der Waals surface area contributed by atoms with E-state index in [4.69, 9.17) is 11.5 Å². The van der Waals surface area contributed by atoms with Crippen LogP contribution in [0.2, 0.25) is 0 Å². The van der Waals surface area contributed by atoms with Gasteiger partial charge < -0.3 is 11.5 Å². The third-order valence-electron chi connectivity index (χ3n) is 0.827. The van der Waals surface area contributed by atoms with Gasteiger partial charge in [0.05, 0.1) is 12.9 Å². The lowest BCUT2D eigenvalue weighted by Gasteiger charge is -2.05. The maximum Gasteiger partial charge on any atom is 0.264 e. The summed E-state index contributed by atoms with van der Waals surface area (Å²) in [5.74, 6) is -0.798. The number of amides is 1. The zero-order chi connectivity index (χ0) is 9.07. The molecule has 0 aliphatic carbocycles. The lowest BCUT2D eigenvalue weighted by molar-refractivity contribution is -0.119. The van der Waals surface area contributed by atoms with E-state index in [0.29, 0.717) is 0 Å². The summed E-state index contributed by atoms with van der Waals surface area (Å²) < 4.78 is 24.9. The quantitative estimate of drug-likeness (QED) is 0.478. The number of hydrogen-bond donors (Lipinski definition) is 2. The van der Waals surface area contributed by atoms with Gasteiger partial charge in [-0.25, -0.2) is 0 Å². The molecule has 0 radical (unpaired) electrons. The van der Waals surface area contributed by atoms with Crippen molar-refractivity contribution in [2.75, 3.05) is 12.9 Å². The summed E-state index contributed by atoms with van der Waals surface area (Å²) in [5.41, 5.74) is 9.79. The first-order chi connectivity index (χ1) is 4.83. The molecule has 0 fully saturated rings. The number of rotatable bonds is 4. The lowest BCUT2D eigenvalue weighted by atomic mass is 10.3. The van der Waals surface area contributed by atoms with E-state index in [1.807, 2.05) is 0 Å². The first kappa shape index (κ1) is 10.3. The first-order valence-corrected chi connectivity index (χ1v) is 4.54. The largest absolute Gasteiger partial charge is 0.368 e. The Hall–Kier alpha value is -0.660. The molecule has 0 aliphatic rings. The standard InChI is InChI=1S/C4H10N2O4S/c1-11(8,9)10-2-3(5)4(6)7/h3H,2,5H2,1H3,(H2,6,7)/t3-/m0/s1. The summed E-state index contributed by atoms with van der Waals surface area (Å²) in [5, 5.41) is 0. The molecule has 0 aromatic heterocycles. The molecule has 0 aliphatic heterocycles. The molecular formula is C4H10N2O4S. The second-order valence-electron chi connectivity index (χ2n) is 2.00. The Kier molecular flexibility index (Phi) is 3.43. The number of carbonyl (C=O) groups is 1. The van der Waals surface area contributed by atoms with E-state index >= 15 is 0 Å². The third kappa shape index (κ3) is 5.77. The van der Waals surface area contributed by atoms with Crippen LogP contribution in [-0.2, 0) is 19.1 Å². The van der Waals surface area contributed by atoms with Gasteiger partial charge in [-0.1, -0.05) is 0 Å². The molecule has 0 aromatic rings. The maximum absolute atomic E-state index is 10.3. The molecule has 0 unspecified atom stereocenters. The van der Waals surface area contributed by atoms with Crippen molar-refractivity contribution < 1.29 is 17.4 Å². The van der Waals surface area contributed by atoms with Crippen LogP contribution in [0.3, 0.4) is 0 Å². The molecular weight excluding hydrogens is 172 g/mol. The van der Waals surface area contributed by atoms with Crippen LogP contribution < -0.4 is 11.5 Å². The molecule has 4 N–H and O–H groups in total. The average Bonchev–Trinajstić information content (AvgIpc) is 1.80. The van der Waals surface area contributed by atoms with Crippen molar-refractivity contribution in [1.29, 1.82) is 0 Å². The van der Waals surface area contributed by atoms with Crippen LogP contribution in [0.4, 0.5) is 0 Å². The first-order valence-electron chi connectivity index (χ1n) is 2.72. The molecule has 6 nitrogen and oxygen atoms in total. The van der Waals surface area contributed by atoms with E-state index < -0.39 is 28.7 Å². The second-order valence-corrected chi connectivity index (χ2v) is 3.64. The molecule has 0 aromatic carbocycles. The fourth-order valence-electron chi connectivity index (χ4n) is 0.279. The van der Waals surface area contributed by atoms with Crippen LogP contribution in [0.25, 0.3) is 0 Å². The summed E-state index contributed by atoms with van der Waals surface area (Å²) in [6.45, 7) is -0.409. The van der Waals surface area contributed by atoms with Gasteiger partial charge in [0.1, 0.15) is 6.04 Å². The molecule has 0 bridgehead atoms. The van der Waals surface area contributed by atoms with Crippen molar-refractivity contribution in [2.45, 2.75) is 6.04 Å². The van der Waals surface area contributed by atoms with Crippen molar-refractivity contribution in [2.24, 2.45) is 11.5 Å². The monoisotopic (exact) mass is 182 g/mol. The van der Waals surface area contributed by atoms with Crippen LogP contribution in [0.5, 0.6) is 0 Å². The summed E-state index contributed by atoms with van der Waals surface area (Å²) in [4.78, 5) is 10.2. The van der Waals surface area contributed by atoms with Gasteiger partial charge in [0.25, 0.3) is 10.1 Å². The fraction of sp³-hybridized carbons (Fsp3) is 0.750. The summed E-state index contributed by atoms with van der Waals surface area (Å²) >= 11 is 0. The number of primary amides is 1. The van der Waals surface area contributed by atoms with Crippen LogP contribution in [-0.4, -0.2) is 33.2 Å². The highest BCUT2D eigenvalue weighted by molar-refractivity contribution is 7.85. The number of hydrogen-bond acceptors (Lipinski definition) is 5. The van der Waals surface area contributed by atoms with Crippen LogP contribution >= 0.6 is 0 Å². The highest BCUT2D eigenvalue weighted by Crippen LogP contribution is 1.87. The van der Waals surface area contributed by atoms with Gasteiger partial charge in [0, 0.05) is 0 Å². The predicted molar refractivity (Wildman–Crippen MR) is 38.0 cm³/mol. The minimum absolute atomic E-state index is 0.409. The minimum atomic E-state index is -3.54. The molecule has 7 heteroatoms. The van der Waals surface area contributed by atoms with Gasteiger partial charge in [-0.3, -0.25) is 8.98 Å². The maximum atomic E-state index is 10.3. The van der Waals surface area contributed by atoms with Crippen LogP contribution in [0.1, 0.15) is 0 Å². The van der Waals surface area contributed by atoms with Gasteiger partial charge in [0.15, 0.2) is 0 Å². The Morgan fingerprint density at radius 2 is 2.09 bits per heavy atom. The van der Waals surface area contributed by atoms with Crippen molar-refractivity contribution in [1.82, 2.24) is 0 Å². The Bertz CT molecular complexity index is 234. The van der Waals surface area contributed by atoms with Gasteiger partial charge in [-0.15, -0.1) is 0 Å². The normalized spacial score (nSPS) is 14.4. The molecule has 1 atom stereocenters. The van der Waals surface area contributed by atoms with Crippen LogP contribution in [0, 0.1) is 0 Å². The van der Waals surface area contributed by atoms with Crippen molar-refractivity contribution >= 4 is 16.0 Å². The number of nitrogens with two attached hydrogens (primary N) is 2. The van der Waals surface area contributed by atoms with Crippen molar-refractivity contribution in [3.8, 4) is 0 Å². The lowest BCUT2D eigenvalue weighted by Crippen LogP contribution is -2.40. The smallest absolute Gasteiger partial charge is 0.264 e. The molecule has 1 amide bonds. The number of carbonyl (C=O) groups excluding carboxylic acids is 1. The van der Waals surface area contributed by atoms with E-state index in [-0.39, 0.29) is 0 Å². The molecule has 0 spiro atoms. The topological polar surface area (TPSA) is 112 Å². The van der Waals surface area contributed by atoms with Crippen molar-refractivity contribution in [3.05, 3.63) is 0 Å². The van der Waals surface area contributed by atoms with Crippen molar-refractivity contribution in [3.63, 3.8) is 0 Å². The molecule has 0 rings (SSSR count). The average molecular weight is 182 g/mol. The highest BCUT2D eigenvalue weighted by Gasteiger charge is 2.12. The minimum Gasteiger partial charge on any atom is -0.368 e. The van der Waals surface area contributed by atoms with E-state index in [1.165, 1.54) is 0 Å². The van der Waals surface area contributed by atoms with E-state index in [2.05, 4.69) is 4.18 Å². The molecule has 0 heterocycles. The van der Waals surface area contributed by atoms with Crippen LogP contribution in [0.15, 0.2) is 0 Å². The molecule has 11 heavy (non-hydrogen) atoms. The molecule has 0 saturated heterocycles. The Balaban J connectivity index is 3.82. The summed E-state index contributed by atoms with van der Waals surface area (Å²) in [6, 6.07) is -1.08. The zero-order valence-electron chi connectivity index (χ0n) is 5.98. The summed E-state index contributed by atoms with van der Waals surface area (Å²) in [7, 11) is -3.54. The third-order valence-corrected chi connectivity index (χ3v) is 1.39. The predicted octanol–water partition coefficient (Wildman–Crippen LogP) is -2.22. The molecule has 0 saturated carbocycles. The van der Waals surface area contributed by atoms with Gasteiger partial charge in [-0.05, 0) is 0 Å². The van der Waals surface area contributed by atoms with Gasteiger partial charge in [0.2, 0.25) is 5.91 Å².